The monoisotopic (exact) mass is 258 g/mol. The fraction of sp³-hybridized carbons (Fsp3) is 0.400. The Morgan fingerprint density at radius 2 is 2.26 bits per heavy atom. The first-order valence-corrected chi connectivity index (χ1v) is 6.66. The summed E-state index contributed by atoms with van der Waals surface area (Å²) in [5, 5.41) is 4.32. The summed E-state index contributed by atoms with van der Waals surface area (Å²) in [4.78, 5) is 14.3. The molecule has 1 amide bonds. The van der Waals surface area contributed by atoms with Crippen LogP contribution in [0.1, 0.15) is 23.0 Å². The van der Waals surface area contributed by atoms with Gasteiger partial charge in [-0.25, -0.2) is 0 Å². The van der Waals surface area contributed by atoms with Gasteiger partial charge in [0.05, 0.1) is 0 Å². The van der Waals surface area contributed by atoms with Crippen LogP contribution in [0.3, 0.4) is 0 Å². The first-order valence-electron chi connectivity index (χ1n) is 6.66. The van der Waals surface area contributed by atoms with Crippen molar-refractivity contribution in [3.05, 3.63) is 35.6 Å². The Labute approximate surface area is 112 Å². The predicted octanol–water partition coefficient (Wildman–Crippen LogP) is 2.18. The van der Waals surface area contributed by atoms with Crippen LogP contribution in [0.4, 0.5) is 0 Å². The van der Waals surface area contributed by atoms with E-state index in [2.05, 4.69) is 12.2 Å². The van der Waals surface area contributed by atoms with E-state index in [4.69, 9.17) is 4.42 Å². The summed E-state index contributed by atoms with van der Waals surface area (Å²) in [6.45, 7) is 6.42. The fourth-order valence-corrected chi connectivity index (χ4v) is 2.54. The number of piperazine rings is 1. The second kappa shape index (κ2) is 4.70. The number of nitrogens with zero attached hydrogens (tertiary/aromatic N) is 1. The molecule has 19 heavy (non-hydrogen) atoms. The van der Waals surface area contributed by atoms with Crippen LogP contribution in [0.15, 0.2) is 28.7 Å². The van der Waals surface area contributed by atoms with E-state index in [1.165, 1.54) is 5.56 Å². The predicted molar refractivity (Wildman–Crippen MR) is 74.3 cm³/mol. The SMILES string of the molecule is Cc1ccc2oc(C(=O)N3CCN[C@@H](C)C3)cc2c1. The number of rotatable bonds is 1. The molecule has 1 aromatic carbocycles. The van der Waals surface area contributed by atoms with Crippen LogP contribution in [-0.2, 0) is 0 Å². The zero-order chi connectivity index (χ0) is 13.4. The molecule has 0 radical (unpaired) electrons. The molecule has 2 heterocycles. The molecular weight excluding hydrogens is 240 g/mol. The fourth-order valence-electron chi connectivity index (χ4n) is 2.54. The van der Waals surface area contributed by atoms with E-state index in [1.807, 2.05) is 36.1 Å². The number of hydrogen-bond donors (Lipinski definition) is 1. The maximum atomic E-state index is 12.4. The van der Waals surface area contributed by atoms with Crippen molar-refractivity contribution in [3.63, 3.8) is 0 Å². The largest absolute Gasteiger partial charge is 0.451 e. The summed E-state index contributed by atoms with van der Waals surface area (Å²) in [6.07, 6.45) is 0. The van der Waals surface area contributed by atoms with Crippen LogP contribution in [0.25, 0.3) is 11.0 Å². The number of carbonyl (C=O) groups excluding carboxylic acids is 1. The lowest BCUT2D eigenvalue weighted by Gasteiger charge is -2.31. The molecule has 0 saturated carbocycles. The number of nitrogens with one attached hydrogen (secondary N) is 1. The minimum atomic E-state index is -0.0118. The van der Waals surface area contributed by atoms with Crippen molar-refractivity contribution in [2.24, 2.45) is 0 Å². The minimum Gasteiger partial charge on any atom is -0.451 e. The number of hydrogen-bond acceptors (Lipinski definition) is 3. The Bertz CT molecular complexity index is 618. The minimum absolute atomic E-state index is 0.0118. The average molecular weight is 258 g/mol. The van der Waals surface area contributed by atoms with Gasteiger partial charge in [0, 0.05) is 31.1 Å². The van der Waals surface area contributed by atoms with Crippen LogP contribution in [0, 0.1) is 6.92 Å². The molecule has 1 aromatic heterocycles. The lowest BCUT2D eigenvalue weighted by molar-refractivity contribution is 0.0679. The van der Waals surface area contributed by atoms with Gasteiger partial charge >= 0.3 is 0 Å². The maximum Gasteiger partial charge on any atom is 0.289 e. The van der Waals surface area contributed by atoms with Crippen molar-refractivity contribution in [2.45, 2.75) is 19.9 Å². The van der Waals surface area contributed by atoms with Gasteiger partial charge in [0.15, 0.2) is 5.76 Å². The molecule has 100 valence electrons. The van der Waals surface area contributed by atoms with Gasteiger partial charge in [0.2, 0.25) is 0 Å². The number of benzene rings is 1. The zero-order valence-corrected chi connectivity index (χ0v) is 11.3. The Morgan fingerprint density at radius 3 is 3.05 bits per heavy atom. The molecule has 0 bridgehead atoms. The Kier molecular flexibility index (Phi) is 3.03. The van der Waals surface area contributed by atoms with Gasteiger partial charge in [-0.2, -0.15) is 0 Å². The molecule has 1 N–H and O–H groups in total. The Hall–Kier alpha value is -1.81. The normalized spacial score (nSPS) is 19.9. The lowest BCUT2D eigenvalue weighted by Crippen LogP contribution is -2.51. The average Bonchev–Trinajstić information content (AvgIpc) is 2.80. The third kappa shape index (κ3) is 2.36. The molecule has 1 saturated heterocycles. The van der Waals surface area contributed by atoms with E-state index < -0.39 is 0 Å². The van der Waals surface area contributed by atoms with E-state index in [0.717, 1.165) is 30.6 Å². The van der Waals surface area contributed by atoms with Gasteiger partial charge in [-0.15, -0.1) is 0 Å². The van der Waals surface area contributed by atoms with Gasteiger partial charge in [0.25, 0.3) is 5.91 Å². The van der Waals surface area contributed by atoms with E-state index >= 15 is 0 Å². The van der Waals surface area contributed by atoms with E-state index in [9.17, 15) is 4.79 Å². The van der Waals surface area contributed by atoms with E-state index in [1.54, 1.807) is 0 Å². The molecular formula is C15H18N2O2. The van der Waals surface area contributed by atoms with Crippen LogP contribution in [0.5, 0.6) is 0 Å². The smallest absolute Gasteiger partial charge is 0.289 e. The highest BCUT2D eigenvalue weighted by Gasteiger charge is 2.24. The molecule has 4 heteroatoms. The quantitative estimate of drug-likeness (QED) is 0.852. The van der Waals surface area contributed by atoms with Crippen LogP contribution in [0.2, 0.25) is 0 Å². The van der Waals surface area contributed by atoms with Crippen molar-refractivity contribution in [1.82, 2.24) is 10.2 Å². The Morgan fingerprint density at radius 1 is 1.42 bits per heavy atom. The summed E-state index contributed by atoms with van der Waals surface area (Å²) >= 11 is 0. The lowest BCUT2D eigenvalue weighted by atomic mass is 10.2. The van der Waals surface area contributed by atoms with E-state index in [-0.39, 0.29) is 5.91 Å². The number of aryl methyl sites for hydroxylation is 1. The summed E-state index contributed by atoms with van der Waals surface area (Å²) in [6, 6.07) is 8.13. The summed E-state index contributed by atoms with van der Waals surface area (Å²) in [5.41, 5.74) is 1.94. The first-order chi connectivity index (χ1) is 9.13. The van der Waals surface area contributed by atoms with Gasteiger partial charge in [-0.05, 0) is 32.0 Å². The number of fused-ring (bicyclic) bond motifs is 1. The third-order valence-electron chi connectivity index (χ3n) is 3.54. The third-order valence-corrected chi connectivity index (χ3v) is 3.54. The van der Waals surface area contributed by atoms with Crippen molar-refractivity contribution in [2.75, 3.05) is 19.6 Å². The van der Waals surface area contributed by atoms with E-state index in [0.29, 0.717) is 11.8 Å². The Balaban J connectivity index is 1.88. The molecule has 1 aliphatic rings. The van der Waals surface area contributed by atoms with Gasteiger partial charge in [0.1, 0.15) is 5.58 Å². The second-order valence-corrected chi connectivity index (χ2v) is 5.26. The highest BCUT2D eigenvalue weighted by atomic mass is 16.3. The zero-order valence-electron chi connectivity index (χ0n) is 11.3. The highest BCUT2D eigenvalue weighted by Crippen LogP contribution is 2.22. The number of amides is 1. The van der Waals surface area contributed by atoms with Crippen molar-refractivity contribution in [3.8, 4) is 0 Å². The number of furan rings is 1. The molecule has 0 spiro atoms. The molecule has 2 aromatic rings. The highest BCUT2D eigenvalue weighted by molar-refractivity contribution is 5.96. The van der Waals surface area contributed by atoms with Crippen molar-refractivity contribution in [1.29, 1.82) is 0 Å². The molecule has 1 atom stereocenters. The number of carbonyl (C=O) groups is 1. The molecule has 3 rings (SSSR count). The standard InChI is InChI=1S/C15H18N2O2/c1-10-3-4-13-12(7-10)8-14(19-13)15(18)17-6-5-16-11(2)9-17/h3-4,7-8,11,16H,5-6,9H2,1-2H3/t11-/m0/s1. The molecule has 1 fully saturated rings. The summed E-state index contributed by atoms with van der Waals surface area (Å²) < 4.78 is 5.66. The first kappa shape index (κ1) is 12.2. The van der Waals surface area contributed by atoms with Gasteiger partial charge in [-0.1, -0.05) is 11.6 Å². The summed E-state index contributed by atoms with van der Waals surface area (Å²) in [5.74, 6) is 0.428. The van der Waals surface area contributed by atoms with Crippen molar-refractivity contribution >= 4 is 16.9 Å². The second-order valence-electron chi connectivity index (χ2n) is 5.26. The molecule has 1 aliphatic heterocycles. The van der Waals surface area contributed by atoms with Crippen molar-refractivity contribution < 1.29 is 9.21 Å². The maximum absolute atomic E-state index is 12.4. The van der Waals surface area contributed by atoms with Crippen LogP contribution < -0.4 is 5.32 Å². The van der Waals surface area contributed by atoms with Crippen LogP contribution in [-0.4, -0.2) is 36.5 Å². The van der Waals surface area contributed by atoms with Gasteiger partial charge in [-0.3, -0.25) is 4.79 Å². The van der Waals surface area contributed by atoms with Gasteiger partial charge < -0.3 is 14.6 Å². The molecule has 0 unspecified atom stereocenters. The van der Waals surface area contributed by atoms with Crippen LogP contribution >= 0.6 is 0 Å². The summed E-state index contributed by atoms with van der Waals surface area (Å²) in [7, 11) is 0. The molecule has 4 nitrogen and oxygen atoms in total. The topological polar surface area (TPSA) is 45.5 Å². The molecule has 0 aliphatic carbocycles.